The van der Waals surface area contributed by atoms with Crippen molar-refractivity contribution in [2.45, 2.75) is 26.3 Å². The van der Waals surface area contributed by atoms with Crippen LogP contribution in [0.4, 0.5) is 0 Å². The van der Waals surface area contributed by atoms with E-state index in [0.717, 1.165) is 0 Å². The number of furan rings is 1. The first-order chi connectivity index (χ1) is 9.99. The van der Waals surface area contributed by atoms with Gasteiger partial charge in [-0.2, -0.15) is 0 Å². The molecule has 22 heavy (non-hydrogen) atoms. The van der Waals surface area contributed by atoms with E-state index in [9.17, 15) is 9.59 Å². The largest absolute Gasteiger partial charge is 0.459 e. The number of hydrogen-bond donors (Lipinski definition) is 1. The molecule has 2 amide bonds. The molecule has 0 spiro atoms. The predicted molar refractivity (Wildman–Crippen MR) is 85.9 cm³/mol. The van der Waals surface area contributed by atoms with Crippen LogP contribution in [0.3, 0.4) is 0 Å². The number of amides is 2. The van der Waals surface area contributed by atoms with Gasteiger partial charge in [-0.05, 0) is 24.5 Å². The molecule has 0 bridgehead atoms. The van der Waals surface area contributed by atoms with Crippen LogP contribution < -0.4 is 5.73 Å². The molecule has 1 aliphatic heterocycles. The molecule has 0 radical (unpaired) electrons. The second-order valence-corrected chi connectivity index (χ2v) is 5.83. The summed E-state index contributed by atoms with van der Waals surface area (Å²) in [6.45, 7) is 6.17. The lowest BCUT2D eigenvalue weighted by atomic mass is 10.0. The maximum Gasteiger partial charge on any atom is 0.289 e. The van der Waals surface area contributed by atoms with E-state index in [4.69, 9.17) is 10.2 Å². The average molecular weight is 330 g/mol. The van der Waals surface area contributed by atoms with Crippen LogP contribution in [0.2, 0.25) is 0 Å². The Kier molecular flexibility index (Phi) is 6.90. The van der Waals surface area contributed by atoms with Crippen molar-refractivity contribution >= 4 is 24.2 Å². The lowest BCUT2D eigenvalue weighted by Crippen LogP contribution is -2.54. The van der Waals surface area contributed by atoms with Crippen molar-refractivity contribution in [1.82, 2.24) is 9.80 Å². The van der Waals surface area contributed by atoms with Gasteiger partial charge in [0, 0.05) is 26.2 Å². The second-order valence-electron chi connectivity index (χ2n) is 5.83. The molecule has 1 aromatic heterocycles. The van der Waals surface area contributed by atoms with Gasteiger partial charge in [-0.3, -0.25) is 9.59 Å². The Hall–Kier alpha value is -1.53. The summed E-state index contributed by atoms with van der Waals surface area (Å²) in [5.41, 5.74) is 5.93. The zero-order valence-corrected chi connectivity index (χ0v) is 13.8. The van der Waals surface area contributed by atoms with Gasteiger partial charge in [-0.25, -0.2) is 0 Å². The molecule has 1 saturated heterocycles. The Morgan fingerprint density at radius 3 is 2.32 bits per heavy atom. The van der Waals surface area contributed by atoms with E-state index in [1.54, 1.807) is 21.9 Å². The fourth-order valence-corrected chi connectivity index (χ4v) is 2.53. The van der Waals surface area contributed by atoms with Gasteiger partial charge in [0.15, 0.2) is 5.76 Å². The van der Waals surface area contributed by atoms with E-state index < -0.39 is 6.04 Å². The van der Waals surface area contributed by atoms with Crippen molar-refractivity contribution in [1.29, 1.82) is 0 Å². The van der Waals surface area contributed by atoms with Crippen molar-refractivity contribution in [2.75, 3.05) is 26.2 Å². The highest BCUT2D eigenvalue weighted by molar-refractivity contribution is 5.91. The minimum atomic E-state index is -0.447. The Labute approximate surface area is 137 Å². The van der Waals surface area contributed by atoms with Gasteiger partial charge in [-0.1, -0.05) is 13.8 Å². The highest BCUT2D eigenvalue weighted by atomic mass is 35.5. The summed E-state index contributed by atoms with van der Waals surface area (Å²) in [7, 11) is 0. The van der Waals surface area contributed by atoms with Crippen LogP contribution in [0.15, 0.2) is 22.8 Å². The predicted octanol–water partition coefficient (Wildman–Crippen LogP) is 1.36. The first kappa shape index (κ1) is 18.5. The summed E-state index contributed by atoms with van der Waals surface area (Å²) in [5, 5.41) is 0. The highest BCUT2D eigenvalue weighted by Crippen LogP contribution is 2.11. The topological polar surface area (TPSA) is 79.8 Å². The number of carbonyl (C=O) groups excluding carboxylic acids is 2. The molecular formula is C15H24ClN3O3. The SMILES string of the molecule is CC(C)C[C@H](N)C(=O)N1CCN(C(=O)c2ccco2)CC1.Cl. The van der Waals surface area contributed by atoms with Crippen LogP contribution in [0.5, 0.6) is 0 Å². The molecule has 1 fully saturated rings. The number of nitrogens with two attached hydrogens (primary N) is 1. The Morgan fingerprint density at radius 2 is 1.82 bits per heavy atom. The molecule has 0 aliphatic carbocycles. The van der Waals surface area contributed by atoms with Crippen molar-refractivity contribution in [3.8, 4) is 0 Å². The third-order valence-corrected chi connectivity index (χ3v) is 3.65. The summed E-state index contributed by atoms with van der Waals surface area (Å²) in [4.78, 5) is 27.8. The summed E-state index contributed by atoms with van der Waals surface area (Å²) >= 11 is 0. The van der Waals surface area contributed by atoms with E-state index in [0.29, 0.717) is 44.3 Å². The number of piperazine rings is 1. The summed E-state index contributed by atoms with van der Waals surface area (Å²) in [5.74, 6) is 0.587. The third kappa shape index (κ3) is 4.48. The van der Waals surface area contributed by atoms with E-state index >= 15 is 0 Å². The smallest absolute Gasteiger partial charge is 0.289 e. The Bertz CT molecular complexity index is 482. The molecule has 2 rings (SSSR count). The Morgan fingerprint density at radius 1 is 1.23 bits per heavy atom. The number of carbonyl (C=O) groups is 2. The first-order valence-electron chi connectivity index (χ1n) is 7.36. The van der Waals surface area contributed by atoms with Crippen LogP contribution in [0.1, 0.15) is 30.8 Å². The maximum atomic E-state index is 12.2. The van der Waals surface area contributed by atoms with E-state index in [1.165, 1.54) is 6.26 Å². The standard InChI is InChI=1S/C15H23N3O3.ClH/c1-11(2)10-12(16)14(19)17-5-7-18(8-6-17)15(20)13-4-3-9-21-13;/h3-4,9,11-12H,5-8,10,16H2,1-2H3;1H/t12-;/m0./s1. The first-order valence-corrected chi connectivity index (χ1v) is 7.36. The lowest BCUT2D eigenvalue weighted by molar-refractivity contribution is -0.134. The van der Waals surface area contributed by atoms with Gasteiger partial charge in [0.25, 0.3) is 5.91 Å². The maximum absolute atomic E-state index is 12.2. The number of nitrogens with zero attached hydrogens (tertiary/aromatic N) is 2. The molecule has 1 aromatic rings. The van der Waals surface area contributed by atoms with Crippen LogP contribution in [0.25, 0.3) is 0 Å². The quantitative estimate of drug-likeness (QED) is 0.904. The summed E-state index contributed by atoms with van der Waals surface area (Å²) in [6.07, 6.45) is 2.17. The lowest BCUT2D eigenvalue weighted by Gasteiger charge is -2.35. The van der Waals surface area contributed by atoms with Crippen molar-refractivity contribution in [3.05, 3.63) is 24.2 Å². The van der Waals surface area contributed by atoms with Crippen molar-refractivity contribution < 1.29 is 14.0 Å². The molecule has 6 nitrogen and oxygen atoms in total. The normalized spacial score (nSPS) is 16.4. The molecule has 0 unspecified atom stereocenters. The summed E-state index contributed by atoms with van der Waals surface area (Å²) in [6, 6.07) is 2.90. The minimum Gasteiger partial charge on any atom is -0.459 e. The van der Waals surface area contributed by atoms with Crippen LogP contribution in [0, 0.1) is 5.92 Å². The molecule has 124 valence electrons. The van der Waals surface area contributed by atoms with E-state index in [-0.39, 0.29) is 24.2 Å². The van der Waals surface area contributed by atoms with E-state index in [2.05, 4.69) is 0 Å². The van der Waals surface area contributed by atoms with Gasteiger partial charge in [0.1, 0.15) is 0 Å². The number of rotatable bonds is 4. The van der Waals surface area contributed by atoms with Crippen LogP contribution >= 0.6 is 12.4 Å². The molecule has 2 N–H and O–H groups in total. The fourth-order valence-electron chi connectivity index (χ4n) is 2.53. The zero-order valence-electron chi connectivity index (χ0n) is 13.0. The second kappa shape index (κ2) is 8.19. The van der Waals surface area contributed by atoms with Gasteiger partial charge in [0.2, 0.25) is 5.91 Å². The highest BCUT2D eigenvalue weighted by Gasteiger charge is 2.28. The molecule has 2 heterocycles. The number of hydrogen-bond acceptors (Lipinski definition) is 4. The van der Waals surface area contributed by atoms with E-state index in [1.807, 2.05) is 13.8 Å². The minimum absolute atomic E-state index is 0. The molecule has 1 aliphatic rings. The van der Waals surface area contributed by atoms with Gasteiger partial charge in [0.05, 0.1) is 12.3 Å². The monoisotopic (exact) mass is 329 g/mol. The van der Waals surface area contributed by atoms with Gasteiger partial charge >= 0.3 is 0 Å². The molecular weight excluding hydrogens is 306 g/mol. The van der Waals surface area contributed by atoms with Crippen molar-refractivity contribution in [2.24, 2.45) is 11.7 Å². The molecule has 0 aromatic carbocycles. The van der Waals surface area contributed by atoms with Crippen LogP contribution in [-0.2, 0) is 4.79 Å². The third-order valence-electron chi connectivity index (χ3n) is 3.65. The zero-order chi connectivity index (χ0) is 15.4. The molecule has 7 heteroatoms. The molecule has 1 atom stereocenters. The Balaban J connectivity index is 0.00000242. The average Bonchev–Trinajstić information content (AvgIpc) is 2.99. The summed E-state index contributed by atoms with van der Waals surface area (Å²) < 4.78 is 5.11. The molecule has 0 saturated carbocycles. The fraction of sp³-hybridized carbons (Fsp3) is 0.600. The number of halogens is 1. The van der Waals surface area contributed by atoms with Crippen molar-refractivity contribution in [3.63, 3.8) is 0 Å². The van der Waals surface area contributed by atoms with Gasteiger partial charge in [-0.15, -0.1) is 12.4 Å². The van der Waals surface area contributed by atoms with Gasteiger partial charge < -0.3 is 20.0 Å². The van der Waals surface area contributed by atoms with Crippen LogP contribution in [-0.4, -0.2) is 53.8 Å².